The van der Waals surface area contributed by atoms with Gasteiger partial charge in [0.2, 0.25) is 17.7 Å². The van der Waals surface area contributed by atoms with Gasteiger partial charge in [0, 0.05) is 42.4 Å². The zero-order valence-corrected chi connectivity index (χ0v) is 29.9. The van der Waals surface area contributed by atoms with Crippen LogP contribution in [-0.2, 0) is 57.7 Å². The Kier molecular flexibility index (Phi) is 17.7. The van der Waals surface area contributed by atoms with Gasteiger partial charge in [0.15, 0.2) is 11.2 Å². The molecule has 0 saturated heterocycles. The average molecular weight is 843 g/mol. The molecule has 3 aromatic rings. The molecule has 0 radical (unpaired) electrons. The maximum absolute atomic E-state index is 12.7. The fourth-order valence-electron chi connectivity index (χ4n) is 4.18. The first-order valence-electron chi connectivity index (χ1n) is 15.0. The fraction of sp³-hybridized carbons (Fsp3) is 0.345. The summed E-state index contributed by atoms with van der Waals surface area (Å²) in [7, 11) is 0. The van der Waals surface area contributed by atoms with E-state index in [2.05, 4.69) is 48.5 Å². The van der Waals surface area contributed by atoms with Crippen molar-refractivity contribution in [2.24, 2.45) is 5.73 Å². The minimum atomic E-state index is -1.79. The zero-order valence-electron chi connectivity index (χ0n) is 27.2. The predicted molar refractivity (Wildman–Crippen MR) is 171 cm³/mol. The molecule has 24 heteroatoms. The number of carbonyl (C=O) groups excluding carboxylic acids is 7. The number of nitrogens with zero attached hydrogens (tertiary/aromatic N) is 3. The average Bonchev–Trinajstić information content (AvgIpc) is 3.13. The third-order valence-electron chi connectivity index (χ3n) is 6.91. The molecule has 2 heterocycles. The van der Waals surface area contributed by atoms with Gasteiger partial charge in [0.1, 0.15) is 12.1 Å². The number of carboxylic acids is 3. The minimum absolute atomic E-state index is 0.0713. The van der Waals surface area contributed by atoms with E-state index in [9.17, 15) is 53.7 Å². The first kappa shape index (κ1) is 43.5. The zero-order chi connectivity index (χ0) is 39.7. The molecule has 1 aromatic carbocycles. The van der Waals surface area contributed by atoms with Crippen molar-refractivity contribution in [3.05, 3.63) is 58.4 Å². The van der Waals surface area contributed by atoms with Gasteiger partial charge in [-0.1, -0.05) is 0 Å². The van der Waals surface area contributed by atoms with Gasteiger partial charge in [-0.05, 0) is 30.7 Å². The molecule has 0 aliphatic rings. The van der Waals surface area contributed by atoms with E-state index in [4.69, 9.17) is 9.24 Å². The Balaban J connectivity index is 0.00000477. The maximum atomic E-state index is 12.7. The third kappa shape index (κ3) is 14.1. The summed E-state index contributed by atoms with van der Waals surface area (Å²) in [6, 6.07) is -0.597. The topological polar surface area (TPSA) is 363 Å². The number of nitrogens with two attached hydrogens (primary N) is 1. The van der Waals surface area contributed by atoms with Gasteiger partial charge < -0.3 is 67.0 Å². The van der Waals surface area contributed by atoms with Crippen LogP contribution in [0.25, 0.3) is 11.2 Å². The number of nitrogens with one attached hydrogen (secondary N) is 6. The summed E-state index contributed by atoms with van der Waals surface area (Å²) in [5.74, 6) is -9.37. The second kappa shape index (κ2) is 21.6. The molecular weight excluding hydrogens is 811 g/mol. The van der Waals surface area contributed by atoms with Gasteiger partial charge >= 0.3 is 22.4 Å². The number of aromatic amines is 1. The Morgan fingerprint density at radius 2 is 1.53 bits per heavy atom. The summed E-state index contributed by atoms with van der Waals surface area (Å²) in [5, 5.41) is 45.3. The summed E-state index contributed by atoms with van der Waals surface area (Å²) in [6.45, 7) is -0.356. The van der Waals surface area contributed by atoms with Crippen LogP contribution in [-0.4, -0.2) is 97.9 Å². The molecule has 0 saturated carbocycles. The van der Waals surface area contributed by atoms with Crippen molar-refractivity contribution in [3.63, 3.8) is 0 Å². The number of carbonyl (C=O) groups is 7. The van der Waals surface area contributed by atoms with Crippen molar-refractivity contribution < 1.29 is 71.2 Å². The molecule has 8 N–H and O–H groups in total. The number of rotatable bonds is 19. The Morgan fingerprint density at radius 1 is 0.887 bits per heavy atom. The van der Waals surface area contributed by atoms with Crippen molar-refractivity contribution >= 4 is 71.0 Å². The number of aliphatic carboxylic acids is 3. The first-order valence-corrected chi connectivity index (χ1v) is 16.4. The van der Waals surface area contributed by atoms with E-state index < -0.39 is 103 Å². The summed E-state index contributed by atoms with van der Waals surface area (Å²) in [5.41, 5.74) is 6.62. The number of aromatic nitrogens is 4. The van der Waals surface area contributed by atoms with Crippen LogP contribution < -0.4 is 53.2 Å². The molecule has 282 valence electrons. The number of H-pyrrole nitrogens is 1. The van der Waals surface area contributed by atoms with Crippen LogP contribution in [0.4, 0.5) is 5.69 Å². The normalized spacial score (nSPS) is 12.7. The monoisotopic (exact) mass is 842 g/mol. The standard InChI is InChI=1S/C29H34N10O11S.O.Tc/c30-16(25(44)38-18(7-21(41)42)26(45)39-19(11-51)29(49)50)10-32-20(40)6-5-17(28(47)48)37-24(43)13-1-3-14(4-2-13)31-8-15-9-33-23-22(36-15)27(46)35-12-34-23;;/h1-4,9,12,16-19,31,51H,5-8,10-11,30H2,(H,32,40)(H,37,43)(H,38,44)(H,39,45)(H,41,42)(H,47,48)(H,49,50)(H,33,34,35,46);;/q;;+3/p-3/t16-,17+,18-,19-;;/m0../s1/i;;1+1. The number of carboxylic acid groups (broad SMARTS) is 3. The number of benzene rings is 1. The Bertz CT molecular complexity index is 1870. The number of hydrogen-bond donors (Lipinski definition) is 8. The molecule has 2 aromatic heterocycles. The number of thiol groups is 1. The van der Waals surface area contributed by atoms with Crippen LogP contribution in [0.5, 0.6) is 0 Å². The van der Waals surface area contributed by atoms with Crippen molar-refractivity contribution in [2.45, 2.75) is 50.0 Å². The predicted octanol–water partition coefficient (Wildman–Crippen LogP) is -6.93. The van der Waals surface area contributed by atoms with Crippen LogP contribution >= 0.6 is 12.6 Å². The van der Waals surface area contributed by atoms with Crippen LogP contribution in [0.1, 0.15) is 35.3 Å². The van der Waals surface area contributed by atoms with Gasteiger partial charge in [-0.25, -0.2) is 15.0 Å². The molecule has 3 rings (SSSR count). The Hall–Kier alpha value is -5.71. The number of fused-ring (bicyclic) bond motifs is 1. The van der Waals surface area contributed by atoms with E-state index in [1.54, 1.807) is 0 Å². The third-order valence-corrected chi connectivity index (χ3v) is 7.28. The Morgan fingerprint density at radius 3 is 2.13 bits per heavy atom. The summed E-state index contributed by atoms with van der Waals surface area (Å²) >= 11 is 4.64. The van der Waals surface area contributed by atoms with Crippen LogP contribution in [0, 0.1) is 0 Å². The second-order valence-corrected chi connectivity index (χ2v) is 11.1. The van der Waals surface area contributed by atoms with Crippen LogP contribution in [0.15, 0.2) is 41.6 Å². The van der Waals surface area contributed by atoms with Crippen molar-refractivity contribution in [1.82, 2.24) is 41.2 Å². The molecule has 53 heavy (non-hydrogen) atoms. The quantitative estimate of drug-likeness (QED) is 0.0520. The summed E-state index contributed by atoms with van der Waals surface area (Å²) < 4.78 is 8.22. The van der Waals surface area contributed by atoms with Crippen molar-refractivity contribution in [2.75, 3.05) is 17.6 Å². The molecule has 4 amide bonds. The molecule has 0 aliphatic heterocycles. The van der Waals surface area contributed by atoms with Crippen molar-refractivity contribution in [3.8, 4) is 0 Å². The first-order chi connectivity index (χ1) is 25.2. The molecule has 0 bridgehead atoms. The van der Waals surface area contributed by atoms with Gasteiger partial charge in [-0.3, -0.25) is 24.0 Å². The van der Waals surface area contributed by atoms with Gasteiger partial charge in [-0.15, -0.1) is 0 Å². The molecule has 0 unspecified atom stereocenters. The van der Waals surface area contributed by atoms with Crippen LogP contribution in [0.2, 0.25) is 0 Å². The van der Waals surface area contributed by atoms with E-state index >= 15 is 0 Å². The summed E-state index contributed by atoms with van der Waals surface area (Å²) in [6.07, 6.45) is 0.752. The number of hydrogen-bond acceptors (Lipinski definition) is 18. The summed E-state index contributed by atoms with van der Waals surface area (Å²) in [4.78, 5) is 110. The van der Waals surface area contributed by atoms with E-state index in [-0.39, 0.29) is 23.3 Å². The van der Waals surface area contributed by atoms with Gasteiger partial charge in [-0.2, -0.15) is 12.6 Å². The molecule has 0 aliphatic carbocycles. The fourth-order valence-corrected chi connectivity index (χ4v) is 4.42. The second-order valence-electron chi connectivity index (χ2n) is 10.7. The molecule has 4 atom stereocenters. The number of anilines is 1. The molecule has 22 nitrogen and oxygen atoms in total. The van der Waals surface area contributed by atoms with Crippen LogP contribution in [0.3, 0.4) is 0 Å². The van der Waals surface area contributed by atoms with Crippen molar-refractivity contribution in [1.29, 1.82) is 0 Å². The molecule has 0 spiro atoms. The SMILES string of the molecule is N[C@@H](CNC(=O)CC[C@@H](NC(=O)c1ccc(NCc2cnc3nc[nH]c(=O)c3n2)cc1)C(=O)[O-])C(=O)N[C@@H](CC(=O)[O-])C(=O)N[C@@H](CS)C(=O)[O-].[O]=[99Tc+3]. The number of amides is 4. The molecule has 0 fully saturated rings. The van der Waals surface area contributed by atoms with E-state index in [0.717, 1.165) is 18.9 Å². The van der Waals surface area contributed by atoms with E-state index in [1.807, 2.05) is 10.6 Å². The van der Waals surface area contributed by atoms with Gasteiger partial charge in [0.05, 0.1) is 48.8 Å². The molecular formula is C29H31N10O12STc. The van der Waals surface area contributed by atoms with E-state index in [1.165, 1.54) is 36.8 Å². The Labute approximate surface area is 314 Å². The van der Waals surface area contributed by atoms with Gasteiger partial charge in [0.25, 0.3) is 11.5 Å². The van der Waals surface area contributed by atoms with E-state index in [0.29, 0.717) is 11.4 Å².